The van der Waals surface area contributed by atoms with Crippen molar-refractivity contribution in [3.05, 3.63) is 115 Å². The van der Waals surface area contributed by atoms with Gasteiger partial charge in [-0.05, 0) is 58.7 Å². The van der Waals surface area contributed by atoms with Crippen molar-refractivity contribution in [2.75, 3.05) is 0 Å². The minimum atomic E-state index is -0.191. The third-order valence-electron chi connectivity index (χ3n) is 8.65. The maximum Gasteiger partial charge on any atom is 0.0893 e. The predicted molar refractivity (Wildman–Crippen MR) is 164 cm³/mol. The fourth-order valence-electron chi connectivity index (χ4n) is 6.92. The Bertz CT molecular complexity index is 2320. The van der Waals surface area contributed by atoms with Gasteiger partial charge in [-0.15, -0.1) is 11.3 Å². The van der Waals surface area contributed by atoms with Crippen molar-refractivity contribution < 1.29 is 0 Å². The lowest BCUT2D eigenvalue weighted by molar-refractivity contribution is 0.664. The maximum absolute atomic E-state index is 4.63. The number of hydrogen-bond acceptors (Lipinski definition) is 3. The Morgan fingerprint density at radius 1 is 0.641 bits per heavy atom. The second-order valence-corrected chi connectivity index (χ2v) is 12.2. The summed E-state index contributed by atoms with van der Waals surface area (Å²) in [5, 5.41) is 5.23. The molecule has 3 aromatic heterocycles. The Kier molecular flexibility index (Phi) is 4.01. The van der Waals surface area contributed by atoms with Crippen LogP contribution in [0.2, 0.25) is 0 Å². The van der Waals surface area contributed by atoms with Crippen LogP contribution in [0.3, 0.4) is 0 Å². The molecule has 8 aromatic rings. The zero-order valence-corrected chi connectivity index (χ0v) is 22.4. The lowest BCUT2D eigenvalue weighted by Gasteiger charge is -2.24. The van der Waals surface area contributed by atoms with Crippen LogP contribution >= 0.6 is 11.3 Å². The molecule has 0 bridgehead atoms. The van der Waals surface area contributed by atoms with Crippen molar-refractivity contribution >= 4 is 64.3 Å². The summed E-state index contributed by atoms with van der Waals surface area (Å²) >= 11 is 1.87. The Labute approximate surface area is 229 Å². The predicted octanol–water partition coefficient (Wildman–Crippen LogP) is 9.40. The van der Waals surface area contributed by atoms with E-state index in [1.54, 1.807) is 12.4 Å². The molecule has 0 amide bonds. The van der Waals surface area contributed by atoms with E-state index in [1.807, 2.05) is 11.3 Å². The highest BCUT2D eigenvalue weighted by molar-refractivity contribution is 7.25. The molecule has 0 unspecified atom stereocenters. The van der Waals surface area contributed by atoms with E-state index in [4.69, 9.17) is 0 Å². The van der Waals surface area contributed by atoms with Crippen LogP contribution in [-0.2, 0) is 5.41 Å². The largest absolute Gasteiger partial charge is 0.309 e. The molecule has 0 fully saturated rings. The maximum atomic E-state index is 4.63. The van der Waals surface area contributed by atoms with E-state index in [1.165, 1.54) is 69.9 Å². The SMILES string of the molecule is CC1(C)c2cc3nccnc3cc2-c2ccc3c4ccccc4n(-c4ccc5c(c4)sc4ccccc45)c3c21. The van der Waals surface area contributed by atoms with E-state index in [0.29, 0.717) is 0 Å². The molecule has 1 aliphatic rings. The zero-order chi connectivity index (χ0) is 25.9. The average molecular weight is 518 g/mol. The van der Waals surface area contributed by atoms with Crippen molar-refractivity contribution in [1.82, 2.24) is 14.5 Å². The molecule has 184 valence electrons. The molecule has 0 saturated heterocycles. The molecule has 0 atom stereocenters. The first-order valence-corrected chi connectivity index (χ1v) is 14.2. The van der Waals surface area contributed by atoms with E-state index >= 15 is 0 Å². The third-order valence-corrected chi connectivity index (χ3v) is 9.79. The molecule has 3 nitrogen and oxygen atoms in total. The average Bonchev–Trinajstić information content (AvgIpc) is 3.57. The summed E-state index contributed by atoms with van der Waals surface area (Å²) in [5.41, 5.74) is 10.7. The summed E-state index contributed by atoms with van der Waals surface area (Å²) < 4.78 is 5.15. The number of para-hydroxylation sites is 1. The van der Waals surface area contributed by atoms with Crippen LogP contribution in [0.5, 0.6) is 0 Å². The van der Waals surface area contributed by atoms with Crippen molar-refractivity contribution in [3.63, 3.8) is 0 Å². The molecular formula is C35H23N3S. The van der Waals surface area contributed by atoms with Crippen molar-refractivity contribution in [2.24, 2.45) is 0 Å². The molecule has 39 heavy (non-hydrogen) atoms. The highest BCUT2D eigenvalue weighted by Gasteiger charge is 2.39. The molecule has 1 aliphatic carbocycles. The third kappa shape index (κ3) is 2.71. The molecule has 3 heterocycles. The highest BCUT2D eigenvalue weighted by atomic mass is 32.1. The molecule has 9 rings (SSSR count). The fourth-order valence-corrected chi connectivity index (χ4v) is 8.06. The van der Waals surface area contributed by atoms with Gasteiger partial charge in [-0.3, -0.25) is 9.97 Å². The van der Waals surface area contributed by atoms with Crippen molar-refractivity contribution in [3.8, 4) is 16.8 Å². The van der Waals surface area contributed by atoms with Gasteiger partial charge in [-0.25, -0.2) is 0 Å². The second kappa shape index (κ2) is 7.31. The molecule has 0 radical (unpaired) electrons. The van der Waals surface area contributed by atoms with Crippen LogP contribution in [0.1, 0.15) is 25.0 Å². The Morgan fingerprint density at radius 2 is 1.36 bits per heavy atom. The fraction of sp³-hybridized carbons (Fsp3) is 0.0857. The summed E-state index contributed by atoms with van der Waals surface area (Å²) in [7, 11) is 0. The van der Waals surface area contributed by atoms with Gasteiger partial charge in [-0.2, -0.15) is 0 Å². The quantitative estimate of drug-likeness (QED) is 0.217. The highest BCUT2D eigenvalue weighted by Crippen LogP contribution is 2.53. The number of nitrogens with zero attached hydrogens (tertiary/aromatic N) is 3. The lowest BCUT2D eigenvalue weighted by Crippen LogP contribution is -2.16. The van der Waals surface area contributed by atoms with Crippen molar-refractivity contribution in [1.29, 1.82) is 0 Å². The standard InChI is InChI=1S/C35H23N3S/c1-35(2)27-19-29-28(36-15-16-37-29)18-26(27)24-13-14-25-21-7-3-5-9-30(21)38(34(25)33(24)35)20-11-12-23-22-8-4-6-10-31(22)39-32(23)17-20/h3-19H,1-2H3. The van der Waals surface area contributed by atoms with Gasteiger partial charge in [0.15, 0.2) is 0 Å². The van der Waals surface area contributed by atoms with E-state index in [-0.39, 0.29) is 5.41 Å². The zero-order valence-electron chi connectivity index (χ0n) is 21.6. The van der Waals surface area contributed by atoms with E-state index in [9.17, 15) is 0 Å². The first-order chi connectivity index (χ1) is 19.1. The normalized spacial score (nSPS) is 14.1. The molecule has 4 heteroatoms. The Hall–Kier alpha value is -4.54. The molecule has 5 aromatic carbocycles. The summed E-state index contributed by atoms with van der Waals surface area (Å²) in [5.74, 6) is 0. The van der Waals surface area contributed by atoms with Crippen molar-refractivity contribution in [2.45, 2.75) is 19.3 Å². The van der Waals surface area contributed by atoms with Crippen LogP contribution in [0, 0.1) is 0 Å². The number of thiophene rings is 1. The van der Waals surface area contributed by atoms with Gasteiger partial charge in [-0.1, -0.05) is 68.4 Å². The van der Waals surface area contributed by atoms with E-state index < -0.39 is 0 Å². The summed E-state index contributed by atoms with van der Waals surface area (Å²) in [6, 6.07) is 33.6. The van der Waals surface area contributed by atoms with Gasteiger partial charge in [0, 0.05) is 54.4 Å². The van der Waals surface area contributed by atoms with Crippen LogP contribution < -0.4 is 0 Å². The van der Waals surface area contributed by atoms with Gasteiger partial charge in [0.05, 0.1) is 22.1 Å². The van der Waals surface area contributed by atoms with Crippen LogP contribution in [0.15, 0.2) is 103 Å². The van der Waals surface area contributed by atoms with Crippen LogP contribution in [0.25, 0.3) is 69.8 Å². The number of rotatable bonds is 1. The summed E-state index contributed by atoms with van der Waals surface area (Å²) in [6.07, 6.45) is 3.56. The van der Waals surface area contributed by atoms with E-state index in [0.717, 1.165) is 11.0 Å². The Balaban J connectivity index is 1.41. The first kappa shape index (κ1) is 21.4. The summed E-state index contributed by atoms with van der Waals surface area (Å²) in [4.78, 5) is 9.25. The molecule has 0 aliphatic heterocycles. The number of benzene rings is 5. The topological polar surface area (TPSA) is 30.7 Å². The molecule has 0 saturated carbocycles. The minimum absolute atomic E-state index is 0.191. The number of fused-ring (bicyclic) bond motifs is 11. The molecule has 0 N–H and O–H groups in total. The first-order valence-electron chi connectivity index (χ1n) is 13.3. The second-order valence-electron chi connectivity index (χ2n) is 11.1. The van der Waals surface area contributed by atoms with Crippen LogP contribution in [0.4, 0.5) is 0 Å². The monoisotopic (exact) mass is 517 g/mol. The molecule has 0 spiro atoms. The van der Waals surface area contributed by atoms with E-state index in [2.05, 4.69) is 119 Å². The van der Waals surface area contributed by atoms with Gasteiger partial charge < -0.3 is 4.57 Å². The minimum Gasteiger partial charge on any atom is -0.309 e. The molecular weight excluding hydrogens is 494 g/mol. The van der Waals surface area contributed by atoms with Gasteiger partial charge in [0.2, 0.25) is 0 Å². The van der Waals surface area contributed by atoms with Gasteiger partial charge in [0.1, 0.15) is 0 Å². The van der Waals surface area contributed by atoms with Gasteiger partial charge in [0.25, 0.3) is 0 Å². The summed E-state index contributed by atoms with van der Waals surface area (Å²) in [6.45, 7) is 4.72. The number of aromatic nitrogens is 3. The lowest BCUT2D eigenvalue weighted by atomic mass is 9.81. The van der Waals surface area contributed by atoms with Gasteiger partial charge >= 0.3 is 0 Å². The Morgan fingerprint density at radius 3 is 2.23 bits per heavy atom. The number of hydrogen-bond donors (Lipinski definition) is 0. The smallest absolute Gasteiger partial charge is 0.0893 e. The van der Waals surface area contributed by atoms with Crippen LogP contribution in [-0.4, -0.2) is 14.5 Å².